The fraction of sp³-hybridized carbons (Fsp3) is 0.385. The first kappa shape index (κ1) is 11.9. The van der Waals surface area contributed by atoms with Gasteiger partial charge < -0.3 is 5.32 Å². The van der Waals surface area contributed by atoms with Gasteiger partial charge in [0.15, 0.2) is 5.82 Å². The summed E-state index contributed by atoms with van der Waals surface area (Å²) < 4.78 is 1.84. The van der Waals surface area contributed by atoms with Crippen molar-refractivity contribution in [3.8, 4) is 11.4 Å². The Morgan fingerprint density at radius 1 is 1.40 bits per heavy atom. The zero-order valence-corrected chi connectivity index (χ0v) is 11.8. The van der Waals surface area contributed by atoms with E-state index < -0.39 is 0 Å². The third-order valence-electron chi connectivity index (χ3n) is 3.77. The average molecular weight is 286 g/mol. The first-order valence-electron chi connectivity index (χ1n) is 6.69. The number of fused-ring (bicyclic) bond motifs is 1. The highest BCUT2D eigenvalue weighted by Gasteiger charge is 2.28. The number of aromatic nitrogens is 5. The molecule has 1 aliphatic heterocycles. The molecule has 7 heteroatoms. The van der Waals surface area contributed by atoms with Gasteiger partial charge in [-0.05, 0) is 32.0 Å². The van der Waals surface area contributed by atoms with Gasteiger partial charge in [0.25, 0.3) is 0 Å². The highest BCUT2D eigenvalue weighted by atomic mass is 32.1. The minimum Gasteiger partial charge on any atom is -0.314 e. The lowest BCUT2D eigenvalue weighted by Gasteiger charge is -2.10. The lowest BCUT2D eigenvalue weighted by Crippen LogP contribution is -2.21. The molecule has 4 heterocycles. The Balaban J connectivity index is 1.79. The van der Waals surface area contributed by atoms with Crippen LogP contribution in [0, 0.1) is 0 Å². The molecule has 3 aromatic heterocycles. The Morgan fingerprint density at radius 3 is 3.10 bits per heavy atom. The molecule has 3 aromatic rings. The van der Waals surface area contributed by atoms with Crippen LogP contribution >= 0.6 is 11.3 Å². The summed E-state index contributed by atoms with van der Waals surface area (Å²) in [6.07, 6.45) is 4.67. The molecule has 1 aliphatic rings. The fourth-order valence-corrected chi connectivity index (χ4v) is 3.73. The second-order valence-corrected chi connectivity index (χ2v) is 6.03. The van der Waals surface area contributed by atoms with E-state index in [1.165, 1.54) is 0 Å². The Bertz CT molecular complexity index is 734. The number of rotatable bonds is 2. The summed E-state index contributed by atoms with van der Waals surface area (Å²) in [4.78, 5) is 4.97. The molecule has 0 spiro atoms. The van der Waals surface area contributed by atoms with Gasteiger partial charge in [0.1, 0.15) is 5.01 Å². The van der Waals surface area contributed by atoms with Crippen LogP contribution in [0.1, 0.15) is 24.3 Å². The standard InChI is InChI=1S/C13H14N6S/c1-8-10(4-6-15-8)12-18-19-11(16-17-13(19)20-12)9-3-2-5-14-7-9/h2-3,5,7-8,10,15H,4,6H2,1H3. The fourth-order valence-electron chi connectivity index (χ4n) is 2.65. The minimum absolute atomic E-state index is 0.473. The van der Waals surface area contributed by atoms with Crippen LogP contribution in [0.2, 0.25) is 0 Å². The zero-order valence-electron chi connectivity index (χ0n) is 11.0. The molecule has 0 saturated carbocycles. The number of nitrogens with zero attached hydrogens (tertiary/aromatic N) is 5. The molecule has 0 aromatic carbocycles. The number of hydrogen-bond acceptors (Lipinski definition) is 6. The normalized spacial score (nSPS) is 22.6. The van der Waals surface area contributed by atoms with E-state index in [0.717, 1.165) is 34.3 Å². The van der Waals surface area contributed by atoms with Crippen molar-refractivity contribution in [2.24, 2.45) is 0 Å². The molecule has 1 N–H and O–H groups in total. The monoisotopic (exact) mass is 286 g/mol. The summed E-state index contributed by atoms with van der Waals surface area (Å²) in [6.45, 7) is 3.27. The largest absolute Gasteiger partial charge is 0.314 e. The molecule has 4 rings (SSSR count). The SMILES string of the molecule is CC1NCCC1c1nn2c(-c3cccnc3)nnc2s1. The summed E-state index contributed by atoms with van der Waals surface area (Å²) in [5.41, 5.74) is 0.939. The van der Waals surface area contributed by atoms with Gasteiger partial charge in [0.05, 0.1) is 0 Å². The lowest BCUT2D eigenvalue weighted by atomic mass is 10.0. The predicted octanol–water partition coefficient (Wildman–Crippen LogP) is 1.71. The Hall–Kier alpha value is -1.86. The molecule has 6 nitrogen and oxygen atoms in total. The molecule has 2 unspecified atom stereocenters. The smallest absolute Gasteiger partial charge is 0.234 e. The highest BCUT2D eigenvalue weighted by molar-refractivity contribution is 7.16. The quantitative estimate of drug-likeness (QED) is 0.777. The number of hydrogen-bond donors (Lipinski definition) is 1. The first-order valence-corrected chi connectivity index (χ1v) is 7.50. The topological polar surface area (TPSA) is 68.0 Å². The van der Waals surface area contributed by atoms with Crippen LogP contribution < -0.4 is 5.32 Å². The molecule has 0 radical (unpaired) electrons. The maximum absolute atomic E-state index is 4.72. The first-order chi connectivity index (χ1) is 9.83. The molecule has 2 atom stereocenters. The van der Waals surface area contributed by atoms with Crippen molar-refractivity contribution in [3.05, 3.63) is 29.5 Å². The van der Waals surface area contributed by atoms with Crippen molar-refractivity contribution >= 4 is 16.3 Å². The maximum atomic E-state index is 4.72. The molecular formula is C13H14N6S. The van der Waals surface area contributed by atoms with E-state index in [-0.39, 0.29) is 0 Å². The van der Waals surface area contributed by atoms with Crippen molar-refractivity contribution in [2.45, 2.75) is 25.3 Å². The predicted molar refractivity (Wildman–Crippen MR) is 76.7 cm³/mol. The number of pyridine rings is 1. The molecular weight excluding hydrogens is 272 g/mol. The van der Waals surface area contributed by atoms with Crippen molar-refractivity contribution in [3.63, 3.8) is 0 Å². The van der Waals surface area contributed by atoms with Gasteiger partial charge in [-0.25, -0.2) is 0 Å². The van der Waals surface area contributed by atoms with E-state index >= 15 is 0 Å². The van der Waals surface area contributed by atoms with Gasteiger partial charge in [-0.15, -0.1) is 10.2 Å². The van der Waals surface area contributed by atoms with Crippen LogP contribution in [0.25, 0.3) is 16.3 Å². The number of nitrogens with one attached hydrogen (secondary N) is 1. The second kappa shape index (κ2) is 4.60. The van der Waals surface area contributed by atoms with Gasteiger partial charge in [0.2, 0.25) is 4.96 Å². The van der Waals surface area contributed by atoms with Crippen molar-refractivity contribution in [1.29, 1.82) is 0 Å². The molecule has 20 heavy (non-hydrogen) atoms. The maximum Gasteiger partial charge on any atom is 0.234 e. The third-order valence-corrected chi connectivity index (χ3v) is 4.80. The van der Waals surface area contributed by atoms with Crippen LogP contribution in [0.3, 0.4) is 0 Å². The van der Waals surface area contributed by atoms with Crippen LogP contribution in [-0.2, 0) is 0 Å². The second-order valence-electron chi connectivity index (χ2n) is 5.04. The Kier molecular flexibility index (Phi) is 2.75. The molecule has 0 bridgehead atoms. The van der Waals surface area contributed by atoms with E-state index in [1.54, 1.807) is 23.7 Å². The Labute approximate surface area is 119 Å². The van der Waals surface area contributed by atoms with Gasteiger partial charge in [0, 0.05) is 29.9 Å². The molecule has 102 valence electrons. The van der Waals surface area contributed by atoms with E-state index in [0.29, 0.717) is 12.0 Å². The van der Waals surface area contributed by atoms with Crippen LogP contribution in [0.15, 0.2) is 24.5 Å². The summed E-state index contributed by atoms with van der Waals surface area (Å²) in [6, 6.07) is 4.34. The summed E-state index contributed by atoms with van der Waals surface area (Å²) >= 11 is 1.63. The van der Waals surface area contributed by atoms with E-state index in [1.807, 2.05) is 16.6 Å². The summed E-state index contributed by atoms with van der Waals surface area (Å²) in [5, 5.41) is 17.8. The van der Waals surface area contributed by atoms with Gasteiger partial charge >= 0.3 is 0 Å². The summed E-state index contributed by atoms with van der Waals surface area (Å²) in [7, 11) is 0. The molecule has 1 fully saturated rings. The van der Waals surface area contributed by atoms with Crippen molar-refractivity contribution < 1.29 is 0 Å². The van der Waals surface area contributed by atoms with E-state index in [2.05, 4.69) is 27.4 Å². The molecule has 0 aliphatic carbocycles. The summed E-state index contributed by atoms with van der Waals surface area (Å²) in [5.74, 6) is 1.23. The third kappa shape index (κ3) is 1.82. The van der Waals surface area contributed by atoms with Crippen molar-refractivity contribution in [2.75, 3.05) is 6.54 Å². The average Bonchev–Trinajstić information content (AvgIpc) is 3.13. The van der Waals surface area contributed by atoms with E-state index in [4.69, 9.17) is 5.10 Å². The zero-order chi connectivity index (χ0) is 13.5. The Morgan fingerprint density at radius 2 is 2.35 bits per heavy atom. The van der Waals surface area contributed by atoms with Gasteiger partial charge in [-0.3, -0.25) is 4.98 Å². The molecule has 0 amide bonds. The van der Waals surface area contributed by atoms with Crippen LogP contribution in [0.5, 0.6) is 0 Å². The van der Waals surface area contributed by atoms with Crippen molar-refractivity contribution in [1.82, 2.24) is 30.1 Å². The van der Waals surface area contributed by atoms with Crippen LogP contribution in [0.4, 0.5) is 0 Å². The van der Waals surface area contributed by atoms with Crippen LogP contribution in [-0.4, -0.2) is 37.4 Å². The van der Waals surface area contributed by atoms with E-state index in [9.17, 15) is 0 Å². The minimum atomic E-state index is 0.473. The molecule has 1 saturated heterocycles. The lowest BCUT2D eigenvalue weighted by molar-refractivity contribution is 0.585. The van der Waals surface area contributed by atoms with Gasteiger partial charge in [-0.1, -0.05) is 11.3 Å². The van der Waals surface area contributed by atoms with Gasteiger partial charge in [-0.2, -0.15) is 9.61 Å². The highest BCUT2D eigenvalue weighted by Crippen LogP contribution is 2.31.